The maximum Gasteiger partial charge on any atom is 0.344 e. The van der Waals surface area contributed by atoms with Crippen LogP contribution in [-0.2, 0) is 16.2 Å². The maximum absolute atomic E-state index is 13.4. The summed E-state index contributed by atoms with van der Waals surface area (Å²) < 4.78 is 18.2. The van der Waals surface area contributed by atoms with E-state index in [1.54, 1.807) is 36.7 Å². The minimum Gasteiger partial charge on any atom is -0.457 e. The second-order valence-corrected chi connectivity index (χ2v) is 15.8. The first-order valence-corrected chi connectivity index (χ1v) is 17.5. The number of benzene rings is 4. The average Bonchev–Trinajstić information content (AvgIpc) is 3.12. The molecule has 8 aromatic rings. The van der Waals surface area contributed by atoms with Crippen molar-refractivity contribution in [2.75, 3.05) is 0 Å². The SMILES string of the molecule is CC(C)(C)c1ccc2c(c1)C(c1ccc3c(=O)oc4cccnc4c3c1)(c1ccc3c(=O)oc4cccnc4c3c1)c1cc(C(C)(C)C)ccc1O2. The molecule has 52 heavy (non-hydrogen) atoms. The number of aromatic nitrogens is 2. The van der Waals surface area contributed by atoms with Gasteiger partial charge in [-0.3, -0.25) is 9.97 Å². The van der Waals surface area contributed by atoms with Crippen molar-refractivity contribution in [3.05, 3.63) is 164 Å². The Morgan fingerprint density at radius 1 is 0.519 bits per heavy atom. The second-order valence-electron chi connectivity index (χ2n) is 15.8. The van der Waals surface area contributed by atoms with Gasteiger partial charge >= 0.3 is 11.3 Å². The third-order valence-electron chi connectivity index (χ3n) is 10.5. The van der Waals surface area contributed by atoms with E-state index in [4.69, 9.17) is 13.6 Å². The minimum absolute atomic E-state index is 0.181. The highest BCUT2D eigenvalue weighted by atomic mass is 16.5. The number of ether oxygens (including phenoxy) is 1. The molecule has 0 fully saturated rings. The molecule has 0 atom stereocenters. The third-order valence-corrected chi connectivity index (χ3v) is 10.5. The summed E-state index contributed by atoms with van der Waals surface area (Å²) >= 11 is 0. The van der Waals surface area contributed by atoms with E-state index in [0.717, 1.165) is 44.9 Å². The first-order valence-electron chi connectivity index (χ1n) is 17.5. The summed E-state index contributed by atoms with van der Waals surface area (Å²) in [7, 11) is 0. The van der Waals surface area contributed by atoms with Gasteiger partial charge < -0.3 is 13.6 Å². The summed E-state index contributed by atoms with van der Waals surface area (Å²) in [6.07, 6.45) is 3.42. The van der Waals surface area contributed by atoms with Crippen LogP contribution in [0.1, 0.15) is 74.9 Å². The molecule has 0 N–H and O–H groups in total. The van der Waals surface area contributed by atoms with Gasteiger partial charge in [0.15, 0.2) is 11.2 Å². The van der Waals surface area contributed by atoms with Crippen molar-refractivity contribution in [2.45, 2.75) is 57.8 Å². The first kappa shape index (κ1) is 31.9. The molecule has 0 unspecified atom stereocenters. The summed E-state index contributed by atoms with van der Waals surface area (Å²) in [6, 6.07) is 31.8. The monoisotopic (exact) mass is 684 g/mol. The van der Waals surface area contributed by atoms with Crippen LogP contribution < -0.4 is 16.0 Å². The van der Waals surface area contributed by atoms with E-state index in [9.17, 15) is 9.59 Å². The fourth-order valence-electron chi connectivity index (χ4n) is 7.77. The van der Waals surface area contributed by atoms with Gasteiger partial charge in [0, 0.05) is 34.3 Å². The van der Waals surface area contributed by atoms with Crippen LogP contribution in [-0.4, -0.2) is 9.97 Å². The zero-order valence-electron chi connectivity index (χ0n) is 29.8. The zero-order valence-corrected chi connectivity index (χ0v) is 29.8. The van der Waals surface area contributed by atoms with Crippen LogP contribution in [0.5, 0.6) is 11.5 Å². The number of fused-ring (bicyclic) bond motifs is 8. The van der Waals surface area contributed by atoms with Gasteiger partial charge in [0.25, 0.3) is 0 Å². The number of rotatable bonds is 2. The Bertz CT molecular complexity index is 2710. The molecule has 0 spiro atoms. The van der Waals surface area contributed by atoms with Gasteiger partial charge in [-0.25, -0.2) is 9.59 Å². The van der Waals surface area contributed by atoms with Crippen molar-refractivity contribution in [1.82, 2.24) is 9.97 Å². The van der Waals surface area contributed by atoms with Crippen molar-refractivity contribution in [3.63, 3.8) is 0 Å². The van der Waals surface area contributed by atoms with Crippen molar-refractivity contribution in [2.24, 2.45) is 0 Å². The van der Waals surface area contributed by atoms with Gasteiger partial charge in [-0.2, -0.15) is 0 Å². The van der Waals surface area contributed by atoms with E-state index in [1.165, 1.54) is 0 Å². The standard InChI is InChI=1S/C45H36N2O5/c1-43(2,3)25-13-17-35-33(23-25)45(34-24-26(44(4,5)6)14-18-36(34)50-35,27-11-15-29-31(21-27)39-37(51-41(29)48)9-7-19-46-39)28-12-16-30-32(22-28)40-38(52-42(30)49)10-8-20-47-40/h7-24H,1-6H3. The number of nitrogens with zero attached hydrogens (tertiary/aromatic N) is 2. The van der Waals surface area contributed by atoms with Crippen LogP contribution in [0.15, 0.2) is 128 Å². The topological polar surface area (TPSA) is 95.4 Å². The molecule has 7 nitrogen and oxygen atoms in total. The molecule has 0 saturated heterocycles. The molecule has 0 amide bonds. The predicted octanol–water partition coefficient (Wildman–Crippen LogP) is 10.1. The van der Waals surface area contributed by atoms with Gasteiger partial charge in [0.1, 0.15) is 22.5 Å². The lowest BCUT2D eigenvalue weighted by molar-refractivity contribution is 0.431. The largest absolute Gasteiger partial charge is 0.457 e. The lowest BCUT2D eigenvalue weighted by Crippen LogP contribution is -2.35. The Balaban J connectivity index is 1.52. The highest BCUT2D eigenvalue weighted by Crippen LogP contribution is 2.57. The Morgan fingerprint density at radius 3 is 1.38 bits per heavy atom. The lowest BCUT2D eigenvalue weighted by Gasteiger charge is -2.43. The van der Waals surface area contributed by atoms with E-state index in [0.29, 0.717) is 43.7 Å². The Kier molecular flexibility index (Phi) is 6.72. The molecule has 4 aromatic carbocycles. The van der Waals surface area contributed by atoms with E-state index >= 15 is 0 Å². The summed E-state index contributed by atoms with van der Waals surface area (Å²) in [6.45, 7) is 13.2. The molecule has 0 saturated carbocycles. The molecule has 5 heterocycles. The average molecular weight is 685 g/mol. The van der Waals surface area contributed by atoms with Crippen molar-refractivity contribution in [3.8, 4) is 11.5 Å². The Hall–Kier alpha value is -6.08. The second kappa shape index (κ2) is 11.0. The molecular weight excluding hydrogens is 649 g/mol. The molecule has 0 aliphatic carbocycles. The van der Waals surface area contributed by atoms with E-state index in [-0.39, 0.29) is 10.8 Å². The molecule has 1 aliphatic rings. The van der Waals surface area contributed by atoms with Gasteiger partial charge in [0.05, 0.1) is 16.2 Å². The molecule has 1 aliphatic heterocycles. The fraction of sp³-hybridized carbons (Fsp3) is 0.200. The Labute approximate surface area is 299 Å². The van der Waals surface area contributed by atoms with Gasteiger partial charge in [-0.1, -0.05) is 65.8 Å². The Morgan fingerprint density at radius 2 is 0.962 bits per heavy atom. The summed E-state index contributed by atoms with van der Waals surface area (Å²) in [5, 5.41) is 2.25. The van der Waals surface area contributed by atoms with Crippen LogP contribution in [0.3, 0.4) is 0 Å². The van der Waals surface area contributed by atoms with E-state index < -0.39 is 16.7 Å². The number of pyridine rings is 2. The normalized spacial score (nSPS) is 14.0. The van der Waals surface area contributed by atoms with E-state index in [2.05, 4.69) is 100 Å². The van der Waals surface area contributed by atoms with Gasteiger partial charge in [0.2, 0.25) is 0 Å². The molecule has 256 valence electrons. The molecule has 0 radical (unpaired) electrons. The first-order chi connectivity index (χ1) is 24.8. The smallest absolute Gasteiger partial charge is 0.344 e. The highest BCUT2D eigenvalue weighted by molar-refractivity contribution is 6.04. The lowest BCUT2D eigenvalue weighted by atomic mass is 9.62. The quantitative estimate of drug-likeness (QED) is 0.167. The van der Waals surface area contributed by atoms with Gasteiger partial charge in [-0.05, 0) is 106 Å². The maximum atomic E-state index is 13.4. The molecular formula is C45H36N2O5. The third kappa shape index (κ3) is 4.65. The van der Waals surface area contributed by atoms with Crippen LogP contribution in [0.2, 0.25) is 0 Å². The van der Waals surface area contributed by atoms with Crippen LogP contribution in [0.4, 0.5) is 0 Å². The zero-order chi connectivity index (χ0) is 36.2. The summed E-state index contributed by atoms with van der Waals surface area (Å²) in [5.74, 6) is 1.44. The number of hydrogen-bond acceptors (Lipinski definition) is 7. The van der Waals surface area contributed by atoms with Crippen LogP contribution >= 0.6 is 0 Å². The molecule has 4 aromatic heterocycles. The van der Waals surface area contributed by atoms with Gasteiger partial charge in [-0.15, -0.1) is 0 Å². The van der Waals surface area contributed by atoms with Crippen molar-refractivity contribution >= 4 is 43.7 Å². The van der Waals surface area contributed by atoms with Crippen molar-refractivity contribution < 1.29 is 13.6 Å². The summed E-state index contributed by atoms with van der Waals surface area (Å²) in [5.41, 5.74) is 5.77. The molecule has 0 bridgehead atoms. The summed E-state index contributed by atoms with van der Waals surface area (Å²) in [4.78, 5) is 36.1. The molecule has 7 heteroatoms. The van der Waals surface area contributed by atoms with Crippen LogP contribution in [0, 0.1) is 0 Å². The number of hydrogen-bond donors (Lipinski definition) is 0. The minimum atomic E-state index is -0.998. The highest BCUT2D eigenvalue weighted by Gasteiger charge is 2.47. The fourth-order valence-corrected chi connectivity index (χ4v) is 7.77. The molecule has 9 rings (SSSR count). The van der Waals surface area contributed by atoms with Crippen molar-refractivity contribution in [1.29, 1.82) is 0 Å². The van der Waals surface area contributed by atoms with E-state index in [1.807, 2.05) is 24.3 Å². The predicted molar refractivity (Wildman–Crippen MR) is 205 cm³/mol. The van der Waals surface area contributed by atoms with Crippen LogP contribution in [0.25, 0.3) is 43.7 Å².